The smallest absolute Gasteiger partial charge is 0.211 e. The van der Waals surface area contributed by atoms with E-state index in [0.717, 1.165) is 27.4 Å². The number of likely N-dealkylation sites (N-methyl/N-ethyl adjacent to an activating group) is 1. The van der Waals surface area contributed by atoms with Gasteiger partial charge in [0.15, 0.2) is 0 Å². The second-order valence-corrected chi connectivity index (χ2v) is 11.2. The monoisotopic (exact) mass is 474 g/mol. The Morgan fingerprint density at radius 3 is 2.60 bits per heavy atom. The van der Waals surface area contributed by atoms with Crippen molar-refractivity contribution in [2.45, 2.75) is 31.9 Å². The van der Waals surface area contributed by atoms with Gasteiger partial charge in [-0.15, -0.1) is 11.3 Å². The van der Waals surface area contributed by atoms with Crippen LogP contribution in [0.15, 0.2) is 78.9 Å². The van der Waals surface area contributed by atoms with Crippen LogP contribution in [0.3, 0.4) is 0 Å². The van der Waals surface area contributed by atoms with E-state index in [0.29, 0.717) is 0 Å². The van der Waals surface area contributed by atoms with E-state index in [1.54, 1.807) is 11.3 Å². The molecule has 0 N–H and O–H groups in total. The van der Waals surface area contributed by atoms with Crippen molar-refractivity contribution < 1.29 is 4.74 Å². The van der Waals surface area contributed by atoms with Gasteiger partial charge in [0.1, 0.15) is 10.8 Å². The molecular formula is C31H26N2OS. The molecular weight excluding hydrogens is 448 g/mol. The van der Waals surface area contributed by atoms with Gasteiger partial charge in [-0.2, -0.15) is 0 Å². The van der Waals surface area contributed by atoms with Gasteiger partial charge < -0.3 is 9.64 Å². The van der Waals surface area contributed by atoms with Crippen LogP contribution < -0.4 is 9.64 Å². The Kier molecular flexibility index (Phi) is 4.12. The van der Waals surface area contributed by atoms with Crippen molar-refractivity contribution in [1.82, 2.24) is 4.98 Å². The second-order valence-electron chi connectivity index (χ2n) is 10.2. The second kappa shape index (κ2) is 6.96. The summed E-state index contributed by atoms with van der Waals surface area (Å²) in [5.41, 5.74) is 6.04. The molecule has 0 aliphatic carbocycles. The molecule has 2 aliphatic heterocycles. The summed E-state index contributed by atoms with van der Waals surface area (Å²) in [6, 6.07) is 25.9. The molecule has 0 saturated carbocycles. The van der Waals surface area contributed by atoms with Gasteiger partial charge in [-0.25, -0.2) is 4.98 Å². The maximum absolute atomic E-state index is 7.18. The van der Waals surface area contributed by atoms with Crippen LogP contribution in [0.1, 0.15) is 30.5 Å². The summed E-state index contributed by atoms with van der Waals surface area (Å²) >= 11 is 1.72. The molecule has 0 amide bonds. The Labute approximate surface area is 209 Å². The zero-order chi connectivity index (χ0) is 23.9. The molecule has 4 aromatic carbocycles. The largest absolute Gasteiger partial charge is 0.462 e. The zero-order valence-corrected chi connectivity index (χ0v) is 21.1. The quantitative estimate of drug-likeness (QED) is 0.246. The number of ether oxygens (including phenoxy) is 1. The number of anilines is 1. The lowest BCUT2D eigenvalue weighted by Gasteiger charge is -2.46. The van der Waals surface area contributed by atoms with Crippen LogP contribution in [0.25, 0.3) is 37.6 Å². The van der Waals surface area contributed by atoms with Gasteiger partial charge in [0.05, 0.1) is 26.9 Å². The summed E-state index contributed by atoms with van der Waals surface area (Å²) in [5, 5.41) is 3.51. The molecule has 0 bridgehead atoms. The Balaban J connectivity index is 1.44. The van der Waals surface area contributed by atoms with Gasteiger partial charge in [0.2, 0.25) is 5.72 Å². The van der Waals surface area contributed by atoms with E-state index in [4.69, 9.17) is 9.72 Å². The SMILES string of the molecule is Cc1cc2c(c(-c3nc4ccccc4s3)c1)O[C@]1(C=C2)N(C)c2c(ccc3ccccc23)C1(C)C. The lowest BCUT2D eigenvalue weighted by Crippen LogP contribution is -2.58. The first-order valence-electron chi connectivity index (χ1n) is 12.0. The fourth-order valence-corrected chi connectivity index (χ4v) is 6.97. The number of thiazole rings is 1. The molecule has 2 aliphatic rings. The van der Waals surface area contributed by atoms with Crippen LogP contribution in [0.5, 0.6) is 5.75 Å². The molecule has 5 aromatic rings. The number of nitrogens with zero attached hydrogens (tertiary/aromatic N) is 2. The highest BCUT2D eigenvalue weighted by atomic mass is 32.1. The Morgan fingerprint density at radius 2 is 1.74 bits per heavy atom. The molecule has 7 rings (SSSR count). The molecule has 172 valence electrons. The average Bonchev–Trinajstić information content (AvgIpc) is 3.36. The first-order chi connectivity index (χ1) is 16.9. The highest BCUT2D eigenvalue weighted by molar-refractivity contribution is 7.21. The van der Waals surface area contributed by atoms with Crippen molar-refractivity contribution >= 4 is 44.1 Å². The topological polar surface area (TPSA) is 25.4 Å². The molecule has 1 spiro atoms. The number of para-hydroxylation sites is 1. The minimum Gasteiger partial charge on any atom is -0.462 e. The normalized spacial score (nSPS) is 19.8. The van der Waals surface area contributed by atoms with Crippen LogP contribution in [-0.4, -0.2) is 17.8 Å². The number of aryl methyl sites for hydroxylation is 1. The molecule has 35 heavy (non-hydrogen) atoms. The standard InChI is InChI=1S/C31H26N2OS/c1-19-17-21-15-16-31(34-28(21)23(18-19)29-32-25-11-7-8-12-26(25)35-29)30(2,3)24-14-13-20-9-5-6-10-22(20)27(24)33(31)4/h5-18H,1-4H3/t31-/m0/s1. The van der Waals surface area contributed by atoms with E-state index < -0.39 is 5.72 Å². The van der Waals surface area contributed by atoms with E-state index in [2.05, 4.69) is 112 Å². The third-order valence-electron chi connectivity index (χ3n) is 7.84. The maximum Gasteiger partial charge on any atom is 0.211 e. The first-order valence-corrected chi connectivity index (χ1v) is 12.9. The summed E-state index contributed by atoms with van der Waals surface area (Å²) in [7, 11) is 2.17. The first kappa shape index (κ1) is 20.7. The molecule has 0 fully saturated rings. The van der Waals surface area contributed by atoms with Crippen molar-refractivity contribution in [3.05, 3.63) is 95.6 Å². The minimum atomic E-state index is -0.646. The lowest BCUT2D eigenvalue weighted by molar-refractivity contribution is 0.0588. The molecule has 0 unspecified atom stereocenters. The van der Waals surface area contributed by atoms with Gasteiger partial charge in [0, 0.05) is 18.0 Å². The maximum atomic E-state index is 7.18. The third-order valence-corrected chi connectivity index (χ3v) is 8.91. The molecule has 3 heterocycles. The predicted molar refractivity (Wildman–Crippen MR) is 148 cm³/mol. The summed E-state index contributed by atoms with van der Waals surface area (Å²) in [5.74, 6) is 0.911. The van der Waals surface area contributed by atoms with E-state index in [-0.39, 0.29) is 5.41 Å². The number of hydrogen-bond acceptors (Lipinski definition) is 4. The molecule has 1 atom stereocenters. The Morgan fingerprint density at radius 1 is 0.943 bits per heavy atom. The van der Waals surface area contributed by atoms with Crippen molar-refractivity contribution in [2.24, 2.45) is 0 Å². The summed E-state index contributed by atoms with van der Waals surface area (Å²) in [4.78, 5) is 7.32. The van der Waals surface area contributed by atoms with Gasteiger partial charge >= 0.3 is 0 Å². The highest BCUT2D eigenvalue weighted by Gasteiger charge is 2.58. The molecule has 3 nitrogen and oxygen atoms in total. The van der Waals surface area contributed by atoms with Crippen molar-refractivity contribution in [3.63, 3.8) is 0 Å². The summed E-state index contributed by atoms with van der Waals surface area (Å²) in [6.07, 6.45) is 4.50. The van der Waals surface area contributed by atoms with Crippen LogP contribution in [0, 0.1) is 6.92 Å². The van der Waals surface area contributed by atoms with Gasteiger partial charge in [-0.3, -0.25) is 0 Å². The van der Waals surface area contributed by atoms with Gasteiger partial charge in [-0.05, 0) is 73.7 Å². The van der Waals surface area contributed by atoms with Crippen molar-refractivity contribution in [1.29, 1.82) is 0 Å². The fraction of sp³-hybridized carbons (Fsp3) is 0.194. The van der Waals surface area contributed by atoms with Crippen LogP contribution in [-0.2, 0) is 5.41 Å². The molecule has 4 heteroatoms. The Hall–Kier alpha value is -3.63. The van der Waals surface area contributed by atoms with E-state index >= 15 is 0 Å². The number of fused-ring (bicyclic) bond motifs is 5. The van der Waals surface area contributed by atoms with Crippen molar-refractivity contribution in [3.8, 4) is 16.3 Å². The Bertz CT molecular complexity index is 1660. The number of rotatable bonds is 1. The highest BCUT2D eigenvalue weighted by Crippen LogP contribution is 2.57. The van der Waals surface area contributed by atoms with Gasteiger partial charge in [0.25, 0.3) is 0 Å². The summed E-state index contributed by atoms with van der Waals surface area (Å²) in [6.45, 7) is 6.74. The zero-order valence-electron chi connectivity index (χ0n) is 20.3. The van der Waals surface area contributed by atoms with Crippen LogP contribution in [0.2, 0.25) is 0 Å². The number of benzene rings is 4. The van der Waals surface area contributed by atoms with E-state index in [1.807, 2.05) is 6.07 Å². The van der Waals surface area contributed by atoms with Crippen LogP contribution >= 0.6 is 11.3 Å². The van der Waals surface area contributed by atoms with Crippen LogP contribution in [0.4, 0.5) is 5.69 Å². The molecule has 0 saturated heterocycles. The molecule has 1 aromatic heterocycles. The predicted octanol–water partition coefficient (Wildman–Crippen LogP) is 7.95. The number of aromatic nitrogens is 1. The van der Waals surface area contributed by atoms with E-state index in [1.165, 1.54) is 32.3 Å². The minimum absolute atomic E-state index is 0.273. The summed E-state index contributed by atoms with van der Waals surface area (Å²) < 4.78 is 8.37. The number of hydrogen-bond donors (Lipinski definition) is 0. The fourth-order valence-electron chi connectivity index (χ4n) is 5.99. The van der Waals surface area contributed by atoms with Crippen molar-refractivity contribution in [2.75, 3.05) is 11.9 Å². The van der Waals surface area contributed by atoms with Gasteiger partial charge in [-0.1, -0.05) is 48.5 Å². The van der Waals surface area contributed by atoms with E-state index in [9.17, 15) is 0 Å². The third kappa shape index (κ3) is 2.69. The molecule has 0 radical (unpaired) electrons. The average molecular weight is 475 g/mol. The lowest BCUT2D eigenvalue weighted by atomic mass is 9.76.